The highest BCUT2D eigenvalue weighted by molar-refractivity contribution is 5.79. The van der Waals surface area contributed by atoms with Crippen molar-refractivity contribution in [3.8, 4) is 0 Å². The van der Waals surface area contributed by atoms with Crippen LogP contribution in [-0.2, 0) is 0 Å². The summed E-state index contributed by atoms with van der Waals surface area (Å²) in [6, 6.07) is 6.82. The number of para-hydroxylation sites is 2. The third kappa shape index (κ3) is 3.02. The van der Waals surface area contributed by atoms with Crippen LogP contribution < -0.4 is 11.1 Å². The first-order valence-corrected chi connectivity index (χ1v) is 5.39. The number of rotatable bonds is 3. The van der Waals surface area contributed by atoms with E-state index in [-0.39, 0.29) is 11.6 Å². The van der Waals surface area contributed by atoms with Crippen molar-refractivity contribution < 1.29 is 18.3 Å². The summed E-state index contributed by atoms with van der Waals surface area (Å²) in [5, 5.41) is 11.2. The summed E-state index contributed by atoms with van der Waals surface area (Å²) in [4.78, 5) is 8.06. The molecule has 1 unspecified atom stereocenters. The van der Waals surface area contributed by atoms with Gasteiger partial charge >= 0.3 is 6.18 Å². The number of aromatic nitrogens is 2. The minimum Gasteiger partial charge on any atom is -0.382 e. The highest BCUT2D eigenvalue weighted by atomic mass is 19.4. The van der Waals surface area contributed by atoms with Crippen LogP contribution >= 0.6 is 0 Å². The topological polar surface area (TPSA) is 84.1 Å². The predicted octanol–water partition coefficient (Wildman–Crippen LogP) is 1.55. The van der Waals surface area contributed by atoms with Gasteiger partial charge < -0.3 is 16.2 Å². The molecule has 1 aromatic carbocycles. The van der Waals surface area contributed by atoms with Crippen molar-refractivity contribution in [2.75, 3.05) is 17.6 Å². The van der Waals surface area contributed by atoms with E-state index in [9.17, 15) is 13.2 Å². The number of benzene rings is 1. The lowest BCUT2D eigenvalue weighted by molar-refractivity contribution is -0.198. The molecule has 0 bridgehead atoms. The van der Waals surface area contributed by atoms with Crippen LogP contribution in [0.2, 0.25) is 0 Å². The average Bonchev–Trinajstić information content (AvgIpc) is 2.34. The van der Waals surface area contributed by atoms with E-state index in [2.05, 4.69) is 15.3 Å². The van der Waals surface area contributed by atoms with Crippen LogP contribution in [0.4, 0.5) is 24.8 Å². The molecule has 4 N–H and O–H groups in total. The lowest BCUT2D eigenvalue weighted by Gasteiger charge is -2.16. The zero-order chi connectivity index (χ0) is 14.0. The van der Waals surface area contributed by atoms with Gasteiger partial charge in [-0.05, 0) is 12.1 Å². The second-order valence-electron chi connectivity index (χ2n) is 3.88. The Kier molecular flexibility index (Phi) is 3.43. The highest BCUT2D eigenvalue weighted by Gasteiger charge is 2.38. The Morgan fingerprint density at radius 3 is 2.37 bits per heavy atom. The number of aliphatic hydroxyl groups excluding tert-OH is 1. The summed E-state index contributed by atoms with van der Waals surface area (Å²) in [6.07, 6.45) is -7.17. The number of fused-ring (bicyclic) bond motifs is 1. The second-order valence-corrected chi connectivity index (χ2v) is 3.88. The van der Waals surface area contributed by atoms with Crippen LogP contribution in [0.1, 0.15) is 0 Å². The summed E-state index contributed by atoms with van der Waals surface area (Å²) < 4.78 is 36.4. The second kappa shape index (κ2) is 4.88. The first-order chi connectivity index (χ1) is 8.88. The van der Waals surface area contributed by atoms with E-state index < -0.39 is 18.8 Å². The number of anilines is 2. The number of nitrogen functional groups attached to an aromatic ring is 1. The monoisotopic (exact) mass is 272 g/mol. The number of halogens is 3. The smallest absolute Gasteiger partial charge is 0.382 e. The van der Waals surface area contributed by atoms with Crippen molar-refractivity contribution in [3.63, 3.8) is 0 Å². The van der Waals surface area contributed by atoms with Crippen LogP contribution in [0.3, 0.4) is 0 Å². The van der Waals surface area contributed by atoms with E-state index in [4.69, 9.17) is 10.8 Å². The zero-order valence-corrected chi connectivity index (χ0v) is 9.65. The molecule has 0 aliphatic heterocycles. The Balaban J connectivity index is 2.19. The number of nitrogens with two attached hydrogens (primary N) is 1. The van der Waals surface area contributed by atoms with E-state index in [1.807, 2.05) is 0 Å². The molecule has 8 heteroatoms. The van der Waals surface area contributed by atoms with Crippen LogP contribution in [0.15, 0.2) is 24.3 Å². The SMILES string of the molecule is Nc1nc2ccccc2nc1NCC(O)C(F)(F)F. The van der Waals surface area contributed by atoms with Crippen molar-refractivity contribution in [1.29, 1.82) is 0 Å². The molecule has 0 saturated heterocycles. The summed E-state index contributed by atoms with van der Waals surface area (Å²) in [6.45, 7) is -0.735. The molecule has 2 rings (SSSR count). The number of hydrogen-bond acceptors (Lipinski definition) is 5. The molecule has 5 nitrogen and oxygen atoms in total. The molecule has 0 aliphatic carbocycles. The fraction of sp³-hybridized carbons (Fsp3) is 0.273. The summed E-state index contributed by atoms with van der Waals surface area (Å²) in [5.74, 6) is -0.00456. The first-order valence-electron chi connectivity index (χ1n) is 5.39. The molecule has 0 radical (unpaired) electrons. The minimum atomic E-state index is -4.69. The van der Waals surface area contributed by atoms with Gasteiger partial charge in [-0.25, -0.2) is 9.97 Å². The lowest BCUT2D eigenvalue weighted by atomic mass is 10.3. The lowest BCUT2D eigenvalue weighted by Crippen LogP contribution is -2.35. The van der Waals surface area contributed by atoms with Crippen molar-refractivity contribution in [1.82, 2.24) is 9.97 Å². The van der Waals surface area contributed by atoms with Crippen molar-refractivity contribution >= 4 is 22.7 Å². The van der Waals surface area contributed by atoms with Gasteiger partial charge in [0.2, 0.25) is 0 Å². The number of aliphatic hydroxyl groups is 1. The molecule has 0 aliphatic rings. The number of hydrogen-bond donors (Lipinski definition) is 3. The van der Waals surface area contributed by atoms with E-state index in [0.717, 1.165) is 0 Å². The van der Waals surface area contributed by atoms with Crippen molar-refractivity contribution in [2.45, 2.75) is 12.3 Å². The van der Waals surface area contributed by atoms with Crippen LogP contribution in [0, 0.1) is 0 Å². The van der Waals surface area contributed by atoms with Crippen LogP contribution in [0.5, 0.6) is 0 Å². The van der Waals surface area contributed by atoms with E-state index in [1.165, 1.54) is 0 Å². The summed E-state index contributed by atoms with van der Waals surface area (Å²) in [7, 11) is 0. The molecule has 0 fully saturated rings. The quantitative estimate of drug-likeness (QED) is 0.789. The molecule has 0 saturated carbocycles. The molecule has 2 aromatic rings. The maximum Gasteiger partial charge on any atom is 0.416 e. The maximum atomic E-state index is 12.1. The first kappa shape index (κ1) is 13.3. The fourth-order valence-corrected chi connectivity index (χ4v) is 1.45. The Morgan fingerprint density at radius 1 is 1.21 bits per heavy atom. The Bertz CT molecular complexity index is 588. The third-order valence-corrected chi connectivity index (χ3v) is 2.44. The molecular weight excluding hydrogens is 261 g/mol. The molecule has 19 heavy (non-hydrogen) atoms. The highest BCUT2D eigenvalue weighted by Crippen LogP contribution is 2.22. The molecular formula is C11H11F3N4O. The normalized spacial score (nSPS) is 13.5. The Morgan fingerprint density at radius 2 is 1.79 bits per heavy atom. The zero-order valence-electron chi connectivity index (χ0n) is 9.65. The molecule has 0 spiro atoms. The molecule has 1 heterocycles. The van der Waals surface area contributed by atoms with Gasteiger partial charge in [0.05, 0.1) is 17.6 Å². The van der Waals surface area contributed by atoms with E-state index in [1.54, 1.807) is 24.3 Å². The number of nitrogens with zero attached hydrogens (tertiary/aromatic N) is 2. The number of alkyl halides is 3. The van der Waals surface area contributed by atoms with E-state index in [0.29, 0.717) is 11.0 Å². The van der Waals surface area contributed by atoms with Gasteiger partial charge in [0.15, 0.2) is 17.7 Å². The summed E-state index contributed by atoms with van der Waals surface area (Å²) >= 11 is 0. The van der Waals surface area contributed by atoms with Gasteiger partial charge in [-0.1, -0.05) is 12.1 Å². The van der Waals surface area contributed by atoms with E-state index >= 15 is 0 Å². The molecule has 1 aromatic heterocycles. The van der Waals surface area contributed by atoms with Crippen LogP contribution in [-0.4, -0.2) is 33.9 Å². The Labute approximate surface area is 106 Å². The predicted molar refractivity (Wildman–Crippen MR) is 64.5 cm³/mol. The van der Waals surface area contributed by atoms with Gasteiger partial charge in [-0.2, -0.15) is 13.2 Å². The third-order valence-electron chi connectivity index (χ3n) is 2.44. The van der Waals surface area contributed by atoms with Gasteiger partial charge in [-0.3, -0.25) is 0 Å². The maximum absolute atomic E-state index is 12.1. The standard InChI is InChI=1S/C11H11F3N4O/c12-11(13,14)8(19)5-16-10-9(15)17-6-3-1-2-4-7(6)18-10/h1-4,8,19H,5H2,(H2,15,17)(H,16,18). The largest absolute Gasteiger partial charge is 0.416 e. The van der Waals surface area contributed by atoms with Crippen molar-refractivity contribution in [2.24, 2.45) is 0 Å². The van der Waals surface area contributed by atoms with Crippen LogP contribution in [0.25, 0.3) is 11.0 Å². The average molecular weight is 272 g/mol. The van der Waals surface area contributed by atoms with Gasteiger partial charge in [0.1, 0.15) is 0 Å². The van der Waals surface area contributed by atoms with Crippen molar-refractivity contribution in [3.05, 3.63) is 24.3 Å². The fourth-order valence-electron chi connectivity index (χ4n) is 1.45. The molecule has 0 amide bonds. The van der Waals surface area contributed by atoms with Gasteiger partial charge in [0, 0.05) is 0 Å². The van der Waals surface area contributed by atoms with Gasteiger partial charge in [0.25, 0.3) is 0 Å². The Hall–Kier alpha value is -2.09. The molecule has 102 valence electrons. The number of nitrogens with one attached hydrogen (secondary N) is 1. The minimum absolute atomic E-state index is 0.0157. The molecule has 1 atom stereocenters. The summed E-state index contributed by atoms with van der Waals surface area (Å²) in [5.41, 5.74) is 6.63. The van der Waals surface area contributed by atoms with Gasteiger partial charge in [-0.15, -0.1) is 0 Å².